The Balaban J connectivity index is 1.79. The van der Waals surface area contributed by atoms with Gasteiger partial charge in [0.15, 0.2) is 0 Å². The molecule has 0 bridgehead atoms. The van der Waals surface area contributed by atoms with Crippen LogP contribution in [0.25, 0.3) is 0 Å². The van der Waals surface area contributed by atoms with E-state index in [4.69, 9.17) is 0 Å². The van der Waals surface area contributed by atoms with Crippen LogP contribution in [-0.2, 0) is 4.79 Å². The average molecular weight is 234 g/mol. The largest absolute Gasteiger partial charge is 0.328 e. The molecular formula is C15H24NO+. The van der Waals surface area contributed by atoms with E-state index in [2.05, 4.69) is 19.1 Å². The van der Waals surface area contributed by atoms with Gasteiger partial charge in [0.1, 0.15) is 6.54 Å². The van der Waals surface area contributed by atoms with Gasteiger partial charge < -0.3 is 4.90 Å². The monoisotopic (exact) mass is 234 g/mol. The maximum atomic E-state index is 12.1. The van der Waals surface area contributed by atoms with E-state index < -0.39 is 0 Å². The minimum absolute atomic E-state index is 0.339. The van der Waals surface area contributed by atoms with Crippen LogP contribution in [0.4, 0.5) is 0 Å². The van der Waals surface area contributed by atoms with Crippen LogP contribution in [0.2, 0.25) is 0 Å². The number of likely N-dealkylation sites (tertiary alicyclic amines) is 1. The van der Waals surface area contributed by atoms with Gasteiger partial charge in [-0.1, -0.05) is 31.6 Å². The number of hydrogen-bond acceptors (Lipinski definition) is 1. The Morgan fingerprint density at radius 3 is 2.71 bits per heavy atom. The molecule has 0 saturated carbocycles. The maximum Gasteiger partial charge on any atom is 0.216 e. The molecule has 0 aromatic rings. The zero-order chi connectivity index (χ0) is 12.1. The van der Waals surface area contributed by atoms with Crippen molar-refractivity contribution in [3.8, 4) is 0 Å². The number of rotatable bonds is 4. The summed E-state index contributed by atoms with van der Waals surface area (Å²) in [5.74, 6) is 1.24. The van der Waals surface area contributed by atoms with Gasteiger partial charge in [-0.05, 0) is 31.6 Å². The third kappa shape index (κ3) is 3.53. The van der Waals surface area contributed by atoms with Gasteiger partial charge in [-0.3, -0.25) is 4.79 Å². The molecule has 1 N–H and O–H groups in total. The molecule has 0 aromatic carbocycles. The molecule has 1 fully saturated rings. The second-order valence-corrected chi connectivity index (χ2v) is 5.34. The Kier molecular flexibility index (Phi) is 4.55. The minimum Gasteiger partial charge on any atom is -0.328 e. The summed E-state index contributed by atoms with van der Waals surface area (Å²) in [6.45, 7) is 5.34. The van der Waals surface area contributed by atoms with Crippen molar-refractivity contribution in [2.24, 2.45) is 5.92 Å². The van der Waals surface area contributed by atoms with Crippen molar-refractivity contribution in [2.75, 3.05) is 19.6 Å². The van der Waals surface area contributed by atoms with E-state index >= 15 is 0 Å². The fraction of sp³-hybridized carbons (Fsp3) is 0.667. The lowest BCUT2D eigenvalue weighted by Gasteiger charge is -2.28. The highest BCUT2D eigenvalue weighted by Gasteiger charge is 2.23. The summed E-state index contributed by atoms with van der Waals surface area (Å²) in [6, 6.07) is 0. The van der Waals surface area contributed by atoms with E-state index in [-0.39, 0.29) is 0 Å². The summed E-state index contributed by atoms with van der Waals surface area (Å²) in [4.78, 5) is 13.6. The predicted octanol–water partition coefficient (Wildman–Crippen LogP) is 1.54. The topological polar surface area (TPSA) is 21.5 Å². The number of quaternary nitrogens is 1. The van der Waals surface area contributed by atoms with Crippen LogP contribution < -0.4 is 4.90 Å². The van der Waals surface area contributed by atoms with E-state index in [9.17, 15) is 4.79 Å². The maximum absolute atomic E-state index is 12.1. The Morgan fingerprint density at radius 1 is 1.35 bits per heavy atom. The van der Waals surface area contributed by atoms with E-state index in [1.165, 1.54) is 37.3 Å². The molecule has 2 rings (SSSR count). The second-order valence-electron chi connectivity index (χ2n) is 5.34. The summed E-state index contributed by atoms with van der Waals surface area (Å²) < 4.78 is 0. The summed E-state index contributed by atoms with van der Waals surface area (Å²) in [6.07, 6.45) is 12.2. The first-order valence-electron chi connectivity index (χ1n) is 7.03. The number of carbonyl (C=O) groups excluding carboxylic acids is 1. The first kappa shape index (κ1) is 12.6. The van der Waals surface area contributed by atoms with Crippen molar-refractivity contribution in [2.45, 2.75) is 39.0 Å². The van der Waals surface area contributed by atoms with Crippen molar-refractivity contribution in [3.05, 3.63) is 23.8 Å². The number of nitrogens with one attached hydrogen (secondary N) is 1. The number of piperidine rings is 1. The Morgan fingerprint density at radius 2 is 2.12 bits per heavy atom. The summed E-state index contributed by atoms with van der Waals surface area (Å²) in [5.41, 5.74) is 0.946. The average Bonchev–Trinajstić information content (AvgIpc) is 2.40. The molecule has 0 amide bonds. The number of carbonyl (C=O) groups is 1. The lowest BCUT2D eigenvalue weighted by atomic mass is 9.94. The molecule has 94 valence electrons. The molecule has 1 heterocycles. The van der Waals surface area contributed by atoms with E-state index in [1.54, 1.807) is 0 Å². The first-order valence-corrected chi connectivity index (χ1v) is 7.03. The molecule has 2 nitrogen and oxygen atoms in total. The lowest BCUT2D eigenvalue weighted by molar-refractivity contribution is -0.898. The van der Waals surface area contributed by atoms with Gasteiger partial charge in [0.05, 0.1) is 13.1 Å². The van der Waals surface area contributed by atoms with Crippen LogP contribution >= 0.6 is 0 Å². The number of Topliss-reactive ketones (excluding diaryl/α,β-unsaturated/α-hetero) is 1. The minimum atomic E-state index is 0.339. The molecule has 1 saturated heterocycles. The fourth-order valence-corrected chi connectivity index (χ4v) is 2.82. The van der Waals surface area contributed by atoms with Crippen molar-refractivity contribution < 1.29 is 9.69 Å². The molecule has 0 unspecified atom stereocenters. The lowest BCUT2D eigenvalue weighted by Crippen LogP contribution is -3.14. The molecule has 0 spiro atoms. The van der Waals surface area contributed by atoms with Crippen LogP contribution in [0.15, 0.2) is 23.8 Å². The van der Waals surface area contributed by atoms with Gasteiger partial charge in [-0.25, -0.2) is 0 Å². The normalized spacial score (nSPS) is 28.9. The molecular weight excluding hydrogens is 210 g/mol. The van der Waals surface area contributed by atoms with Crippen molar-refractivity contribution in [1.82, 2.24) is 0 Å². The predicted molar refractivity (Wildman–Crippen MR) is 70.0 cm³/mol. The fourth-order valence-electron chi connectivity index (χ4n) is 2.82. The molecule has 0 aromatic heterocycles. The van der Waals surface area contributed by atoms with Gasteiger partial charge >= 0.3 is 0 Å². The standard InChI is InChI=1S/C15H23NO/c1-2-13-8-10-16(11-9-13)12-15(17)14-6-4-3-5-7-14/h4,6-7,13H,2-3,5,8-12H2,1H3/p+1. The molecule has 2 aliphatic rings. The highest BCUT2D eigenvalue weighted by atomic mass is 16.1. The molecule has 17 heavy (non-hydrogen) atoms. The first-order chi connectivity index (χ1) is 8.29. The van der Waals surface area contributed by atoms with Gasteiger partial charge in [-0.2, -0.15) is 0 Å². The van der Waals surface area contributed by atoms with E-state index in [0.717, 1.165) is 24.3 Å². The van der Waals surface area contributed by atoms with Gasteiger partial charge in [0.2, 0.25) is 5.78 Å². The number of ketones is 1. The van der Waals surface area contributed by atoms with Crippen molar-refractivity contribution >= 4 is 5.78 Å². The summed E-state index contributed by atoms with van der Waals surface area (Å²) in [5, 5.41) is 0. The zero-order valence-electron chi connectivity index (χ0n) is 10.9. The molecule has 1 aliphatic carbocycles. The number of allylic oxidation sites excluding steroid dienone is 3. The van der Waals surface area contributed by atoms with Crippen LogP contribution in [0, 0.1) is 5.92 Å². The smallest absolute Gasteiger partial charge is 0.216 e. The van der Waals surface area contributed by atoms with Crippen LogP contribution in [0.3, 0.4) is 0 Å². The molecule has 2 heteroatoms. The van der Waals surface area contributed by atoms with Crippen molar-refractivity contribution in [3.63, 3.8) is 0 Å². The van der Waals surface area contributed by atoms with Crippen LogP contribution in [-0.4, -0.2) is 25.4 Å². The summed E-state index contributed by atoms with van der Waals surface area (Å²) in [7, 11) is 0. The third-order valence-electron chi connectivity index (χ3n) is 4.12. The quantitative estimate of drug-likeness (QED) is 0.783. The van der Waals surface area contributed by atoms with Crippen molar-refractivity contribution in [1.29, 1.82) is 0 Å². The van der Waals surface area contributed by atoms with Crippen LogP contribution in [0.5, 0.6) is 0 Å². The highest BCUT2D eigenvalue weighted by Crippen LogP contribution is 2.13. The Bertz CT molecular complexity index is 322. The highest BCUT2D eigenvalue weighted by molar-refractivity contribution is 5.98. The van der Waals surface area contributed by atoms with Gasteiger partial charge in [0.25, 0.3) is 0 Å². The number of hydrogen-bond donors (Lipinski definition) is 1. The van der Waals surface area contributed by atoms with E-state index in [1.807, 2.05) is 6.08 Å². The van der Waals surface area contributed by atoms with E-state index in [0.29, 0.717) is 12.3 Å². The Labute approximate surface area is 104 Å². The molecule has 0 atom stereocenters. The zero-order valence-corrected chi connectivity index (χ0v) is 10.9. The summed E-state index contributed by atoms with van der Waals surface area (Å²) >= 11 is 0. The van der Waals surface area contributed by atoms with Gasteiger partial charge in [-0.15, -0.1) is 0 Å². The molecule has 0 radical (unpaired) electrons. The van der Waals surface area contributed by atoms with Crippen LogP contribution in [0.1, 0.15) is 39.0 Å². The van der Waals surface area contributed by atoms with Gasteiger partial charge in [0, 0.05) is 5.57 Å². The second kappa shape index (κ2) is 6.15. The molecule has 1 aliphatic heterocycles. The third-order valence-corrected chi connectivity index (χ3v) is 4.12. The Hall–Kier alpha value is -0.890. The SMILES string of the molecule is CCC1CC[NH+](CC(=O)C2=CCCC=C2)CC1.